The molecule has 0 radical (unpaired) electrons. The first kappa shape index (κ1) is 13.7. The number of nitrogens with one attached hydrogen (secondary N) is 2. The molecular formula is C13H15BrN2O3. The largest absolute Gasteiger partial charge is 0.496 e. The molecule has 0 aliphatic rings. The maximum Gasteiger partial charge on any atom is 0.406 e. The number of carbonyl (C=O) groups excluding carboxylic acids is 1. The number of benzene rings is 1. The molecule has 0 saturated carbocycles. The first-order chi connectivity index (χ1) is 9.15. The van der Waals surface area contributed by atoms with Crippen LogP contribution >= 0.6 is 15.9 Å². The molecule has 1 amide bonds. The highest BCUT2D eigenvalue weighted by molar-refractivity contribution is 9.10. The molecule has 0 atom stereocenters. The Balaban J connectivity index is 2.17. The van der Waals surface area contributed by atoms with E-state index in [-0.39, 0.29) is 0 Å². The van der Waals surface area contributed by atoms with Gasteiger partial charge in [0.2, 0.25) is 0 Å². The van der Waals surface area contributed by atoms with Crippen molar-refractivity contribution in [1.82, 2.24) is 10.3 Å². The molecule has 0 aliphatic carbocycles. The minimum atomic E-state index is -0.417. The van der Waals surface area contributed by atoms with E-state index >= 15 is 0 Å². The second-order valence-electron chi connectivity index (χ2n) is 4.01. The summed E-state index contributed by atoms with van der Waals surface area (Å²) in [6, 6.07) is 3.95. The number of methoxy groups -OCH3 is 2. The van der Waals surface area contributed by atoms with Gasteiger partial charge in [-0.3, -0.25) is 0 Å². The Kier molecular flexibility index (Phi) is 4.31. The number of amides is 1. The lowest BCUT2D eigenvalue weighted by molar-refractivity contribution is 0.171. The number of aromatic amines is 1. The lowest BCUT2D eigenvalue weighted by Crippen LogP contribution is -2.25. The lowest BCUT2D eigenvalue weighted by atomic mass is 10.1. The van der Waals surface area contributed by atoms with Crippen molar-refractivity contribution in [2.24, 2.45) is 0 Å². The summed E-state index contributed by atoms with van der Waals surface area (Å²) in [6.07, 6.45) is 2.25. The molecule has 0 aliphatic heterocycles. The molecular weight excluding hydrogens is 312 g/mol. The van der Waals surface area contributed by atoms with Crippen molar-refractivity contribution in [3.05, 3.63) is 28.4 Å². The maximum absolute atomic E-state index is 11.0. The Hall–Kier alpha value is -1.69. The molecule has 0 saturated heterocycles. The van der Waals surface area contributed by atoms with Gasteiger partial charge in [-0.1, -0.05) is 0 Å². The summed E-state index contributed by atoms with van der Waals surface area (Å²) in [4.78, 5) is 14.2. The SMILES string of the molecule is COC(=O)NCCc1c[nH]c2cc(Br)c(OC)cc12. The van der Waals surface area contributed by atoms with Gasteiger partial charge in [0.15, 0.2) is 0 Å². The van der Waals surface area contributed by atoms with E-state index in [0.29, 0.717) is 6.54 Å². The zero-order chi connectivity index (χ0) is 13.8. The van der Waals surface area contributed by atoms with Crippen LogP contribution in [0.4, 0.5) is 4.79 Å². The van der Waals surface area contributed by atoms with Crippen molar-refractivity contribution in [2.45, 2.75) is 6.42 Å². The van der Waals surface area contributed by atoms with Crippen LogP contribution in [-0.4, -0.2) is 31.8 Å². The van der Waals surface area contributed by atoms with Gasteiger partial charge in [0.25, 0.3) is 0 Å². The zero-order valence-corrected chi connectivity index (χ0v) is 12.3. The zero-order valence-electron chi connectivity index (χ0n) is 10.7. The Bertz CT molecular complexity index is 595. The molecule has 0 spiro atoms. The standard InChI is InChI=1S/C13H15BrN2O3/c1-18-12-5-9-8(3-4-15-13(17)19-2)7-16-11(9)6-10(12)14/h5-7,16H,3-4H2,1-2H3,(H,15,17). The molecule has 2 aromatic rings. The number of ether oxygens (including phenoxy) is 2. The van der Waals surface area contributed by atoms with Gasteiger partial charge in [-0.05, 0) is 40.0 Å². The van der Waals surface area contributed by atoms with Crippen molar-refractivity contribution in [2.75, 3.05) is 20.8 Å². The number of alkyl carbamates (subject to hydrolysis) is 1. The molecule has 1 aromatic carbocycles. The quantitative estimate of drug-likeness (QED) is 0.908. The van der Waals surface area contributed by atoms with Gasteiger partial charge in [-0.2, -0.15) is 0 Å². The van der Waals surface area contributed by atoms with Gasteiger partial charge in [0, 0.05) is 23.6 Å². The van der Waals surface area contributed by atoms with Gasteiger partial charge >= 0.3 is 6.09 Å². The number of rotatable bonds is 4. The summed E-state index contributed by atoms with van der Waals surface area (Å²) < 4.78 is 10.7. The van der Waals surface area contributed by atoms with E-state index in [1.54, 1.807) is 7.11 Å². The van der Waals surface area contributed by atoms with Gasteiger partial charge in [0.1, 0.15) is 5.75 Å². The van der Waals surface area contributed by atoms with Crippen molar-refractivity contribution < 1.29 is 14.3 Å². The predicted octanol–water partition coefficient (Wildman–Crippen LogP) is 2.84. The Morgan fingerprint density at radius 2 is 2.21 bits per heavy atom. The van der Waals surface area contributed by atoms with E-state index in [2.05, 4.69) is 31.0 Å². The Morgan fingerprint density at radius 3 is 2.89 bits per heavy atom. The van der Waals surface area contributed by atoms with Crippen LogP contribution in [0.25, 0.3) is 10.9 Å². The van der Waals surface area contributed by atoms with Gasteiger partial charge in [0.05, 0.1) is 18.7 Å². The van der Waals surface area contributed by atoms with Gasteiger partial charge in [-0.15, -0.1) is 0 Å². The highest BCUT2D eigenvalue weighted by Crippen LogP contribution is 2.31. The molecule has 2 rings (SSSR count). The fourth-order valence-electron chi connectivity index (χ4n) is 1.92. The summed E-state index contributed by atoms with van der Waals surface area (Å²) in [7, 11) is 2.99. The first-order valence-corrected chi connectivity index (χ1v) is 6.60. The number of hydrogen-bond acceptors (Lipinski definition) is 3. The van der Waals surface area contributed by atoms with Crippen LogP contribution in [0, 0.1) is 0 Å². The summed E-state index contributed by atoms with van der Waals surface area (Å²) in [6.45, 7) is 0.526. The van der Waals surface area contributed by atoms with Crippen LogP contribution < -0.4 is 10.1 Å². The van der Waals surface area contributed by atoms with Crippen LogP contribution in [0.15, 0.2) is 22.8 Å². The maximum atomic E-state index is 11.0. The summed E-state index contributed by atoms with van der Waals surface area (Å²) >= 11 is 3.45. The van der Waals surface area contributed by atoms with Crippen LogP contribution in [0.5, 0.6) is 5.75 Å². The van der Waals surface area contributed by atoms with Crippen molar-refractivity contribution in [3.8, 4) is 5.75 Å². The van der Waals surface area contributed by atoms with E-state index in [0.717, 1.165) is 33.1 Å². The van der Waals surface area contributed by atoms with E-state index in [1.165, 1.54) is 7.11 Å². The smallest absolute Gasteiger partial charge is 0.406 e. The van der Waals surface area contributed by atoms with Gasteiger partial charge in [-0.25, -0.2) is 4.79 Å². The molecule has 1 heterocycles. The first-order valence-electron chi connectivity index (χ1n) is 5.81. The van der Waals surface area contributed by atoms with E-state index in [1.807, 2.05) is 18.3 Å². The topological polar surface area (TPSA) is 63.3 Å². The van der Waals surface area contributed by atoms with Crippen molar-refractivity contribution >= 4 is 32.9 Å². The molecule has 19 heavy (non-hydrogen) atoms. The normalized spacial score (nSPS) is 10.5. The third-order valence-corrected chi connectivity index (χ3v) is 3.51. The van der Waals surface area contributed by atoms with E-state index < -0.39 is 6.09 Å². The molecule has 5 nitrogen and oxygen atoms in total. The Labute approximate surface area is 119 Å². The van der Waals surface area contributed by atoms with Crippen LogP contribution in [-0.2, 0) is 11.2 Å². The number of carbonyl (C=O) groups is 1. The number of aromatic nitrogens is 1. The average Bonchev–Trinajstić information content (AvgIpc) is 2.79. The fraction of sp³-hybridized carbons (Fsp3) is 0.308. The predicted molar refractivity (Wildman–Crippen MR) is 76.7 cm³/mol. The van der Waals surface area contributed by atoms with Crippen molar-refractivity contribution in [3.63, 3.8) is 0 Å². The van der Waals surface area contributed by atoms with Gasteiger partial charge < -0.3 is 19.8 Å². The molecule has 6 heteroatoms. The second-order valence-corrected chi connectivity index (χ2v) is 4.87. The summed E-state index contributed by atoms with van der Waals surface area (Å²) in [5.74, 6) is 0.786. The third kappa shape index (κ3) is 3.01. The molecule has 102 valence electrons. The molecule has 0 bridgehead atoms. The number of H-pyrrole nitrogens is 1. The molecule has 1 aromatic heterocycles. The molecule has 0 unspecified atom stereocenters. The second kappa shape index (κ2) is 5.97. The van der Waals surface area contributed by atoms with Crippen LogP contribution in [0.2, 0.25) is 0 Å². The highest BCUT2D eigenvalue weighted by atomic mass is 79.9. The van der Waals surface area contributed by atoms with E-state index in [9.17, 15) is 4.79 Å². The average molecular weight is 327 g/mol. The highest BCUT2D eigenvalue weighted by Gasteiger charge is 2.09. The number of hydrogen-bond donors (Lipinski definition) is 2. The molecule has 2 N–H and O–H groups in total. The minimum Gasteiger partial charge on any atom is -0.496 e. The third-order valence-electron chi connectivity index (χ3n) is 2.89. The summed E-state index contributed by atoms with van der Waals surface area (Å²) in [5.41, 5.74) is 2.15. The number of fused-ring (bicyclic) bond motifs is 1. The van der Waals surface area contributed by atoms with Crippen LogP contribution in [0.1, 0.15) is 5.56 Å². The Morgan fingerprint density at radius 1 is 1.42 bits per heavy atom. The minimum absolute atomic E-state index is 0.417. The van der Waals surface area contributed by atoms with Crippen LogP contribution in [0.3, 0.4) is 0 Å². The monoisotopic (exact) mass is 326 g/mol. The fourth-order valence-corrected chi connectivity index (χ4v) is 2.42. The molecule has 0 fully saturated rings. The van der Waals surface area contributed by atoms with Crippen molar-refractivity contribution in [1.29, 1.82) is 0 Å². The lowest BCUT2D eigenvalue weighted by Gasteiger charge is -2.05. The summed E-state index contributed by atoms with van der Waals surface area (Å²) in [5, 5.41) is 3.75. The van der Waals surface area contributed by atoms with E-state index in [4.69, 9.17) is 4.74 Å². The number of halogens is 1.